The highest BCUT2D eigenvalue weighted by Gasteiger charge is 2.39. The van der Waals surface area contributed by atoms with E-state index in [-0.39, 0.29) is 5.92 Å². The Morgan fingerprint density at radius 3 is 2.90 bits per heavy atom. The first-order valence-electron chi connectivity index (χ1n) is 7.54. The van der Waals surface area contributed by atoms with Gasteiger partial charge in [-0.2, -0.15) is 5.26 Å². The molecule has 2 aromatic rings. The first-order chi connectivity index (χ1) is 10.2. The Hall–Kier alpha value is -2.05. The third-order valence-corrected chi connectivity index (χ3v) is 4.55. The Morgan fingerprint density at radius 1 is 1.24 bits per heavy atom. The van der Waals surface area contributed by atoms with E-state index in [1.807, 2.05) is 24.3 Å². The van der Waals surface area contributed by atoms with Crippen molar-refractivity contribution in [1.29, 1.82) is 5.26 Å². The van der Waals surface area contributed by atoms with Gasteiger partial charge in [0.05, 0.1) is 12.7 Å². The average molecular weight is 280 g/mol. The van der Waals surface area contributed by atoms with E-state index in [0.29, 0.717) is 6.61 Å². The summed E-state index contributed by atoms with van der Waals surface area (Å²) in [6, 6.07) is 16.6. The number of ether oxygens (including phenoxy) is 1. The van der Waals surface area contributed by atoms with Gasteiger partial charge in [0, 0.05) is 5.39 Å². The molecule has 2 aromatic carbocycles. The second-order valence-electron chi connectivity index (χ2n) is 5.86. The van der Waals surface area contributed by atoms with E-state index in [4.69, 9.17) is 10.5 Å². The highest BCUT2D eigenvalue weighted by atomic mass is 16.5. The minimum atomic E-state index is -0.651. The Balaban J connectivity index is 1.67. The zero-order chi connectivity index (χ0) is 14.7. The molecule has 0 saturated heterocycles. The molecule has 108 valence electrons. The first kappa shape index (κ1) is 13.9. The van der Waals surface area contributed by atoms with Crippen LogP contribution >= 0.6 is 0 Å². The predicted molar refractivity (Wildman–Crippen MR) is 83.9 cm³/mol. The summed E-state index contributed by atoms with van der Waals surface area (Å²) in [6.07, 6.45) is 3.72. The van der Waals surface area contributed by atoms with Gasteiger partial charge in [-0.3, -0.25) is 0 Å². The third-order valence-electron chi connectivity index (χ3n) is 4.55. The number of hydrogen-bond acceptors (Lipinski definition) is 3. The number of fused-ring (bicyclic) bond motifs is 1. The first-order valence-corrected chi connectivity index (χ1v) is 7.54. The largest absolute Gasteiger partial charge is 0.493 e. The molecular weight excluding hydrogens is 260 g/mol. The molecule has 0 radical (unpaired) electrons. The number of benzene rings is 2. The molecule has 0 aliphatic heterocycles. The van der Waals surface area contributed by atoms with Crippen molar-refractivity contribution in [2.24, 2.45) is 11.7 Å². The molecule has 0 heterocycles. The summed E-state index contributed by atoms with van der Waals surface area (Å²) in [5.74, 6) is 1.16. The Labute approximate surface area is 125 Å². The van der Waals surface area contributed by atoms with Crippen LogP contribution < -0.4 is 10.5 Å². The van der Waals surface area contributed by atoms with E-state index in [2.05, 4.69) is 24.3 Å². The van der Waals surface area contributed by atoms with Gasteiger partial charge >= 0.3 is 0 Å². The molecule has 3 heteroatoms. The topological polar surface area (TPSA) is 59.0 Å². The van der Waals surface area contributed by atoms with Crippen LogP contribution in [-0.2, 0) is 0 Å². The lowest BCUT2D eigenvalue weighted by Crippen LogP contribution is -2.42. The summed E-state index contributed by atoms with van der Waals surface area (Å²) in [6.45, 7) is 0.610. The van der Waals surface area contributed by atoms with Crippen LogP contribution in [-0.4, -0.2) is 12.1 Å². The molecule has 0 bridgehead atoms. The Kier molecular flexibility index (Phi) is 3.81. The predicted octanol–water partition coefficient (Wildman–Crippen LogP) is 3.63. The van der Waals surface area contributed by atoms with Crippen molar-refractivity contribution in [2.45, 2.75) is 31.2 Å². The van der Waals surface area contributed by atoms with Crippen LogP contribution in [0, 0.1) is 17.2 Å². The van der Waals surface area contributed by atoms with Crippen LogP contribution in [0.1, 0.15) is 25.7 Å². The van der Waals surface area contributed by atoms with Gasteiger partial charge in [0.2, 0.25) is 0 Å². The Bertz CT molecular complexity index is 671. The second-order valence-corrected chi connectivity index (χ2v) is 5.86. The fraction of sp³-hybridized carbons (Fsp3) is 0.389. The van der Waals surface area contributed by atoms with Crippen molar-refractivity contribution in [3.63, 3.8) is 0 Å². The van der Waals surface area contributed by atoms with Gasteiger partial charge in [0.25, 0.3) is 0 Å². The molecule has 1 aliphatic carbocycles. The molecular formula is C18H20N2O. The van der Waals surface area contributed by atoms with E-state index in [0.717, 1.165) is 36.8 Å². The lowest BCUT2D eigenvalue weighted by molar-refractivity contribution is 0.257. The molecule has 1 aliphatic rings. The molecule has 2 N–H and O–H groups in total. The second kappa shape index (κ2) is 5.75. The summed E-state index contributed by atoms with van der Waals surface area (Å²) in [5, 5.41) is 11.5. The quantitative estimate of drug-likeness (QED) is 0.930. The van der Waals surface area contributed by atoms with Gasteiger partial charge < -0.3 is 10.5 Å². The minimum Gasteiger partial charge on any atom is -0.493 e. The molecule has 1 fully saturated rings. The number of hydrogen-bond donors (Lipinski definition) is 1. The lowest BCUT2D eigenvalue weighted by Gasteiger charge is -2.23. The van der Waals surface area contributed by atoms with Crippen molar-refractivity contribution in [3.8, 4) is 11.8 Å². The maximum Gasteiger partial charge on any atom is 0.127 e. The smallest absolute Gasteiger partial charge is 0.127 e. The molecule has 3 nitrogen and oxygen atoms in total. The zero-order valence-electron chi connectivity index (χ0n) is 12.1. The van der Waals surface area contributed by atoms with E-state index >= 15 is 0 Å². The number of nitrogens with two attached hydrogens (primary N) is 1. The van der Waals surface area contributed by atoms with Crippen LogP contribution in [0.25, 0.3) is 10.8 Å². The van der Waals surface area contributed by atoms with Crippen molar-refractivity contribution < 1.29 is 4.74 Å². The van der Waals surface area contributed by atoms with E-state index in [1.54, 1.807) is 0 Å². The SMILES string of the molecule is N#CC1(N)CCCC1CCOc1cccc2ccccc12. The van der Waals surface area contributed by atoms with Gasteiger partial charge in [-0.1, -0.05) is 42.8 Å². The van der Waals surface area contributed by atoms with Crippen LogP contribution in [0.5, 0.6) is 5.75 Å². The Morgan fingerprint density at radius 2 is 2.05 bits per heavy atom. The monoisotopic (exact) mass is 280 g/mol. The van der Waals surface area contributed by atoms with E-state index in [1.165, 1.54) is 5.39 Å². The molecule has 0 aromatic heterocycles. The number of nitriles is 1. The van der Waals surface area contributed by atoms with Gasteiger partial charge in [0.15, 0.2) is 0 Å². The summed E-state index contributed by atoms with van der Waals surface area (Å²) in [5.41, 5.74) is 5.51. The van der Waals surface area contributed by atoms with Crippen LogP contribution in [0.3, 0.4) is 0 Å². The summed E-state index contributed by atoms with van der Waals surface area (Å²) >= 11 is 0. The molecule has 2 unspecified atom stereocenters. The normalized spacial score (nSPS) is 24.9. The van der Waals surface area contributed by atoms with Crippen molar-refractivity contribution in [1.82, 2.24) is 0 Å². The summed E-state index contributed by atoms with van der Waals surface area (Å²) in [7, 11) is 0. The molecule has 1 saturated carbocycles. The fourth-order valence-electron chi connectivity index (χ4n) is 3.28. The lowest BCUT2D eigenvalue weighted by atomic mass is 9.87. The summed E-state index contributed by atoms with van der Waals surface area (Å²) in [4.78, 5) is 0. The van der Waals surface area contributed by atoms with Crippen LogP contribution in [0.15, 0.2) is 42.5 Å². The van der Waals surface area contributed by atoms with Crippen molar-refractivity contribution in [2.75, 3.05) is 6.61 Å². The van der Waals surface area contributed by atoms with Crippen molar-refractivity contribution in [3.05, 3.63) is 42.5 Å². The number of rotatable bonds is 4. The van der Waals surface area contributed by atoms with E-state index in [9.17, 15) is 5.26 Å². The van der Waals surface area contributed by atoms with Crippen LogP contribution in [0.4, 0.5) is 0 Å². The molecule has 0 amide bonds. The molecule has 0 spiro atoms. The number of nitrogens with zero attached hydrogens (tertiary/aromatic N) is 1. The molecule has 21 heavy (non-hydrogen) atoms. The molecule has 2 atom stereocenters. The zero-order valence-corrected chi connectivity index (χ0v) is 12.1. The third kappa shape index (κ3) is 2.72. The molecule has 3 rings (SSSR count). The van der Waals surface area contributed by atoms with E-state index < -0.39 is 5.54 Å². The fourth-order valence-corrected chi connectivity index (χ4v) is 3.28. The summed E-state index contributed by atoms with van der Waals surface area (Å²) < 4.78 is 5.95. The van der Waals surface area contributed by atoms with Crippen LogP contribution in [0.2, 0.25) is 0 Å². The van der Waals surface area contributed by atoms with Gasteiger partial charge in [-0.25, -0.2) is 0 Å². The highest BCUT2D eigenvalue weighted by molar-refractivity contribution is 5.88. The maximum atomic E-state index is 9.24. The maximum absolute atomic E-state index is 9.24. The minimum absolute atomic E-state index is 0.248. The highest BCUT2D eigenvalue weighted by Crippen LogP contribution is 2.35. The van der Waals surface area contributed by atoms with Gasteiger partial charge in [-0.05, 0) is 36.6 Å². The standard InChI is InChI=1S/C18H20N2O/c19-13-18(20)11-4-7-15(18)10-12-21-17-9-3-6-14-5-1-2-8-16(14)17/h1-3,5-6,8-9,15H,4,7,10-12,20H2. The van der Waals surface area contributed by atoms with Gasteiger partial charge in [0.1, 0.15) is 11.3 Å². The van der Waals surface area contributed by atoms with Gasteiger partial charge in [-0.15, -0.1) is 0 Å². The van der Waals surface area contributed by atoms with Crippen molar-refractivity contribution >= 4 is 10.8 Å². The average Bonchev–Trinajstić information content (AvgIpc) is 2.89.